The van der Waals surface area contributed by atoms with Gasteiger partial charge in [0.1, 0.15) is 12.1 Å². The third kappa shape index (κ3) is 3.14. The zero-order chi connectivity index (χ0) is 14.5. The van der Waals surface area contributed by atoms with Crippen LogP contribution in [-0.4, -0.2) is 29.0 Å². The van der Waals surface area contributed by atoms with Crippen LogP contribution in [0.3, 0.4) is 0 Å². The van der Waals surface area contributed by atoms with Crippen LogP contribution >= 0.6 is 0 Å². The molecule has 0 aliphatic heterocycles. The number of nitrogen functional groups attached to an aromatic ring is 1. The number of nitrogens with two attached hydrogens (primary N) is 2. The first-order valence-electron chi connectivity index (χ1n) is 6.65. The van der Waals surface area contributed by atoms with Gasteiger partial charge in [0.25, 0.3) is 0 Å². The average Bonchev–Trinajstić information content (AvgIpc) is 2.42. The molecule has 2 rings (SSSR count). The molecule has 6 nitrogen and oxygen atoms in total. The van der Waals surface area contributed by atoms with Crippen LogP contribution in [0.25, 0.3) is 10.9 Å². The third-order valence-corrected chi connectivity index (χ3v) is 3.07. The predicted octanol–water partition coefficient (Wildman–Crippen LogP) is 1.30. The number of amides is 1. The molecule has 1 heterocycles. The third-order valence-electron chi connectivity index (χ3n) is 3.07. The highest BCUT2D eigenvalue weighted by atomic mass is 16.1. The lowest BCUT2D eigenvalue weighted by Gasteiger charge is -2.23. The molecule has 20 heavy (non-hydrogen) atoms. The predicted molar refractivity (Wildman–Crippen MR) is 80.3 cm³/mol. The molecule has 0 spiro atoms. The summed E-state index contributed by atoms with van der Waals surface area (Å²) >= 11 is 0. The number of hydrogen-bond acceptors (Lipinski definition) is 5. The maximum Gasteiger partial charge on any atom is 0.236 e. The Morgan fingerprint density at radius 2 is 2.15 bits per heavy atom. The van der Waals surface area contributed by atoms with Crippen molar-refractivity contribution in [2.24, 2.45) is 5.73 Å². The van der Waals surface area contributed by atoms with Crippen molar-refractivity contribution in [3.8, 4) is 0 Å². The number of hydrogen-bond donors (Lipinski definition) is 2. The van der Waals surface area contributed by atoms with Crippen LogP contribution in [-0.2, 0) is 4.79 Å². The van der Waals surface area contributed by atoms with E-state index in [1.807, 2.05) is 17.0 Å². The van der Waals surface area contributed by atoms with E-state index in [2.05, 4.69) is 16.9 Å². The highest BCUT2D eigenvalue weighted by Gasteiger charge is 2.14. The van der Waals surface area contributed by atoms with Gasteiger partial charge in [-0.2, -0.15) is 0 Å². The maximum atomic E-state index is 11.3. The van der Waals surface area contributed by atoms with Gasteiger partial charge < -0.3 is 16.4 Å². The lowest BCUT2D eigenvalue weighted by atomic mass is 10.2. The largest absolute Gasteiger partial charge is 0.399 e. The Labute approximate surface area is 117 Å². The summed E-state index contributed by atoms with van der Waals surface area (Å²) in [4.78, 5) is 21.7. The first kappa shape index (κ1) is 14.0. The molecule has 106 valence electrons. The molecule has 0 bridgehead atoms. The molecule has 6 heteroatoms. The summed E-state index contributed by atoms with van der Waals surface area (Å²) in [6, 6.07) is 5.46. The summed E-state index contributed by atoms with van der Waals surface area (Å²) < 4.78 is 0. The Kier molecular flexibility index (Phi) is 4.34. The Bertz CT molecular complexity index is 614. The second-order valence-corrected chi connectivity index (χ2v) is 4.72. The van der Waals surface area contributed by atoms with E-state index in [1.54, 1.807) is 6.07 Å². The summed E-state index contributed by atoms with van der Waals surface area (Å²) in [6.45, 7) is 2.96. The molecule has 1 aromatic carbocycles. The zero-order valence-corrected chi connectivity index (χ0v) is 11.5. The Hall–Kier alpha value is -2.37. The second kappa shape index (κ2) is 6.18. The number of benzene rings is 1. The normalized spacial score (nSPS) is 10.7. The number of rotatable bonds is 6. The van der Waals surface area contributed by atoms with E-state index in [0.717, 1.165) is 30.3 Å². The number of aromatic nitrogens is 2. The van der Waals surface area contributed by atoms with Crippen LogP contribution in [0.15, 0.2) is 24.5 Å². The number of nitrogens with zero attached hydrogens (tertiary/aromatic N) is 3. The Morgan fingerprint density at radius 3 is 2.85 bits per heavy atom. The fraction of sp³-hybridized carbons (Fsp3) is 0.357. The molecule has 1 aromatic heterocycles. The van der Waals surface area contributed by atoms with Gasteiger partial charge in [0, 0.05) is 17.6 Å². The van der Waals surface area contributed by atoms with Crippen LogP contribution in [0.4, 0.5) is 11.5 Å². The average molecular weight is 273 g/mol. The number of carbonyl (C=O) groups excluding carboxylic acids is 1. The SMILES string of the molecule is CCCCN(CC(N)=O)c1ncnc2ccc(N)cc12. The maximum absolute atomic E-state index is 11.3. The summed E-state index contributed by atoms with van der Waals surface area (Å²) in [5.74, 6) is 0.325. The Morgan fingerprint density at radius 1 is 1.35 bits per heavy atom. The van der Waals surface area contributed by atoms with Crippen molar-refractivity contribution in [3.05, 3.63) is 24.5 Å². The molecule has 0 saturated heterocycles. The van der Waals surface area contributed by atoms with Gasteiger partial charge in [0.2, 0.25) is 5.91 Å². The standard InChI is InChI=1S/C14H19N5O/c1-2-3-6-19(8-13(16)20)14-11-7-10(15)4-5-12(11)17-9-18-14/h4-5,7,9H,2-3,6,8,15H2,1H3,(H2,16,20). The molecule has 0 radical (unpaired) electrons. The second-order valence-electron chi connectivity index (χ2n) is 4.72. The monoisotopic (exact) mass is 273 g/mol. The lowest BCUT2D eigenvalue weighted by Crippen LogP contribution is -2.35. The van der Waals surface area contributed by atoms with Crippen LogP contribution in [0.2, 0.25) is 0 Å². The summed E-state index contributed by atoms with van der Waals surface area (Å²) in [5, 5.41) is 0.838. The first-order chi connectivity index (χ1) is 9.61. The van der Waals surface area contributed by atoms with Crippen LogP contribution in [0, 0.1) is 0 Å². The van der Waals surface area contributed by atoms with Gasteiger partial charge in [-0.1, -0.05) is 13.3 Å². The Balaban J connectivity index is 2.45. The molecule has 4 N–H and O–H groups in total. The number of carbonyl (C=O) groups is 1. The van der Waals surface area contributed by atoms with Gasteiger partial charge in [-0.15, -0.1) is 0 Å². The van der Waals surface area contributed by atoms with Crippen molar-refractivity contribution in [1.82, 2.24) is 9.97 Å². The zero-order valence-electron chi connectivity index (χ0n) is 11.5. The minimum Gasteiger partial charge on any atom is -0.399 e. The van der Waals surface area contributed by atoms with Crippen molar-refractivity contribution in [2.45, 2.75) is 19.8 Å². The number of anilines is 2. The van der Waals surface area contributed by atoms with E-state index in [4.69, 9.17) is 11.5 Å². The van der Waals surface area contributed by atoms with E-state index in [9.17, 15) is 4.79 Å². The van der Waals surface area contributed by atoms with Gasteiger partial charge in [0.05, 0.1) is 12.1 Å². The minimum atomic E-state index is -0.378. The number of unbranched alkanes of at least 4 members (excludes halogenated alkanes) is 1. The molecule has 2 aromatic rings. The molecular formula is C14H19N5O. The van der Waals surface area contributed by atoms with Gasteiger partial charge >= 0.3 is 0 Å². The van der Waals surface area contributed by atoms with Crippen molar-refractivity contribution in [1.29, 1.82) is 0 Å². The quantitative estimate of drug-likeness (QED) is 0.773. The van der Waals surface area contributed by atoms with Gasteiger partial charge in [-0.3, -0.25) is 4.79 Å². The molecule has 0 aliphatic carbocycles. The number of primary amides is 1. The molecule has 1 amide bonds. The summed E-state index contributed by atoms with van der Waals surface area (Å²) in [7, 11) is 0. The van der Waals surface area contributed by atoms with E-state index < -0.39 is 0 Å². The highest BCUT2D eigenvalue weighted by molar-refractivity contribution is 5.93. The first-order valence-corrected chi connectivity index (χ1v) is 6.65. The molecular weight excluding hydrogens is 254 g/mol. The van der Waals surface area contributed by atoms with E-state index in [-0.39, 0.29) is 12.5 Å². The van der Waals surface area contributed by atoms with Crippen LogP contribution < -0.4 is 16.4 Å². The fourth-order valence-corrected chi connectivity index (χ4v) is 2.11. The summed E-state index contributed by atoms with van der Waals surface area (Å²) in [5.41, 5.74) is 12.6. The molecule has 0 atom stereocenters. The van der Waals surface area contributed by atoms with Gasteiger partial charge in [-0.25, -0.2) is 9.97 Å². The lowest BCUT2D eigenvalue weighted by molar-refractivity contribution is -0.116. The van der Waals surface area contributed by atoms with Crippen molar-refractivity contribution in [2.75, 3.05) is 23.7 Å². The smallest absolute Gasteiger partial charge is 0.236 e. The fourth-order valence-electron chi connectivity index (χ4n) is 2.11. The number of fused-ring (bicyclic) bond motifs is 1. The van der Waals surface area contributed by atoms with Crippen LogP contribution in [0.1, 0.15) is 19.8 Å². The molecule has 0 fully saturated rings. The van der Waals surface area contributed by atoms with Crippen molar-refractivity contribution >= 4 is 28.3 Å². The van der Waals surface area contributed by atoms with Crippen molar-refractivity contribution < 1.29 is 4.79 Å². The molecule has 0 saturated carbocycles. The highest BCUT2D eigenvalue weighted by Crippen LogP contribution is 2.25. The molecule has 0 aliphatic rings. The topological polar surface area (TPSA) is 98.1 Å². The molecule has 0 unspecified atom stereocenters. The summed E-state index contributed by atoms with van der Waals surface area (Å²) in [6.07, 6.45) is 3.48. The van der Waals surface area contributed by atoms with E-state index in [0.29, 0.717) is 11.5 Å². The van der Waals surface area contributed by atoms with Crippen molar-refractivity contribution in [3.63, 3.8) is 0 Å². The van der Waals surface area contributed by atoms with Gasteiger partial charge in [0.15, 0.2) is 0 Å². The van der Waals surface area contributed by atoms with Gasteiger partial charge in [-0.05, 0) is 24.6 Å². The minimum absolute atomic E-state index is 0.140. The van der Waals surface area contributed by atoms with Crippen LogP contribution in [0.5, 0.6) is 0 Å². The van der Waals surface area contributed by atoms with E-state index in [1.165, 1.54) is 6.33 Å². The van der Waals surface area contributed by atoms with E-state index >= 15 is 0 Å².